The Bertz CT molecular complexity index is 1730. The van der Waals surface area contributed by atoms with Crippen LogP contribution in [0.1, 0.15) is 24.8 Å². The van der Waals surface area contributed by atoms with Gasteiger partial charge in [0.15, 0.2) is 0 Å². The summed E-state index contributed by atoms with van der Waals surface area (Å²) in [6.07, 6.45) is -0.0948. The van der Waals surface area contributed by atoms with Crippen LogP contribution in [0.2, 0.25) is 0 Å². The second-order valence-corrected chi connectivity index (χ2v) is 9.64. The second kappa shape index (κ2) is 9.33. The van der Waals surface area contributed by atoms with E-state index in [4.69, 9.17) is 9.52 Å². The lowest BCUT2D eigenvalue weighted by Crippen LogP contribution is -2.22. The van der Waals surface area contributed by atoms with Crippen molar-refractivity contribution >= 4 is 11.5 Å². The van der Waals surface area contributed by atoms with Crippen LogP contribution in [0.25, 0.3) is 39.5 Å². The molecule has 0 amide bonds. The van der Waals surface area contributed by atoms with Crippen molar-refractivity contribution in [1.82, 2.24) is 15.1 Å². The number of rotatable bonds is 6. The Balaban J connectivity index is 1.37. The maximum absolute atomic E-state index is 13.1. The fourth-order valence-corrected chi connectivity index (χ4v) is 5.37. The van der Waals surface area contributed by atoms with Gasteiger partial charge in [-0.15, -0.1) is 13.2 Å². The topological polar surface area (TPSA) is 111 Å². The van der Waals surface area contributed by atoms with Crippen LogP contribution in [0.5, 0.6) is 5.75 Å². The van der Waals surface area contributed by atoms with Gasteiger partial charge in [-0.25, -0.2) is 0 Å². The number of pyridine rings is 1. The summed E-state index contributed by atoms with van der Waals surface area (Å²) in [5.74, 6) is -0.983. The summed E-state index contributed by atoms with van der Waals surface area (Å²) in [6.45, 7) is 1.81. The highest BCUT2D eigenvalue weighted by Gasteiger charge is 2.35. The number of carboxylic acids is 1. The van der Waals surface area contributed by atoms with Crippen molar-refractivity contribution in [3.8, 4) is 39.7 Å². The van der Waals surface area contributed by atoms with Gasteiger partial charge in [0.05, 0.1) is 17.8 Å². The van der Waals surface area contributed by atoms with E-state index in [1.165, 1.54) is 12.1 Å². The van der Waals surface area contributed by atoms with E-state index in [2.05, 4.69) is 19.9 Å². The minimum absolute atomic E-state index is 0.0312. The van der Waals surface area contributed by atoms with Crippen LogP contribution in [-0.4, -0.2) is 38.6 Å². The van der Waals surface area contributed by atoms with Gasteiger partial charge in [0, 0.05) is 28.7 Å². The zero-order chi connectivity index (χ0) is 27.3. The minimum atomic E-state index is -4.88. The molecule has 198 valence electrons. The molecule has 1 aliphatic heterocycles. The van der Waals surface area contributed by atoms with Crippen LogP contribution in [0, 0.1) is 12.8 Å². The molecule has 0 radical (unpaired) electrons. The Hall–Kier alpha value is -4.54. The number of aliphatic carboxylic acids is 1. The molecule has 8 nitrogen and oxygen atoms in total. The molecule has 1 fully saturated rings. The highest BCUT2D eigenvalue weighted by molar-refractivity contribution is 5.74. The number of aromatic nitrogens is 3. The van der Waals surface area contributed by atoms with Gasteiger partial charge in [-0.2, -0.15) is 4.98 Å². The number of benzene rings is 2. The molecule has 2 atom stereocenters. The van der Waals surface area contributed by atoms with Crippen LogP contribution in [0.3, 0.4) is 0 Å². The molecule has 2 aromatic heterocycles. The predicted molar refractivity (Wildman–Crippen MR) is 133 cm³/mol. The van der Waals surface area contributed by atoms with Gasteiger partial charge < -0.3 is 14.4 Å². The van der Waals surface area contributed by atoms with Crippen LogP contribution in [0.15, 0.2) is 64.4 Å². The van der Waals surface area contributed by atoms with Gasteiger partial charge in [-0.3, -0.25) is 14.8 Å². The zero-order valence-corrected chi connectivity index (χ0v) is 20.6. The number of alkyl halides is 3. The Morgan fingerprint density at radius 3 is 2.72 bits per heavy atom. The highest BCUT2D eigenvalue weighted by Crippen LogP contribution is 2.37. The normalized spacial score (nSPS) is 18.0. The lowest BCUT2D eigenvalue weighted by atomic mass is 9.99. The fourth-order valence-electron chi connectivity index (χ4n) is 5.37. The third-order valence-corrected chi connectivity index (χ3v) is 7.05. The second-order valence-electron chi connectivity index (χ2n) is 9.64. The van der Waals surface area contributed by atoms with Gasteiger partial charge in [0.1, 0.15) is 5.75 Å². The maximum atomic E-state index is 13.1. The molecule has 11 heteroatoms. The molecule has 1 saturated carbocycles. The molecule has 6 rings (SSSR count). The Kier molecular flexibility index (Phi) is 5.93. The summed E-state index contributed by atoms with van der Waals surface area (Å²) in [7, 11) is 0. The molecule has 2 aliphatic rings. The number of fused-ring (bicyclic) bond motifs is 2. The van der Waals surface area contributed by atoms with Crippen LogP contribution >= 0.6 is 0 Å². The summed E-state index contributed by atoms with van der Waals surface area (Å²) >= 11 is 0. The molecule has 1 N–H and O–H groups in total. The molecule has 3 heterocycles. The summed E-state index contributed by atoms with van der Waals surface area (Å²) in [5.41, 5.74) is 3.96. The van der Waals surface area contributed by atoms with Crippen molar-refractivity contribution in [3.05, 3.63) is 71.0 Å². The van der Waals surface area contributed by atoms with E-state index < -0.39 is 18.1 Å². The van der Waals surface area contributed by atoms with Crippen molar-refractivity contribution < 1.29 is 32.3 Å². The van der Waals surface area contributed by atoms with Crippen LogP contribution in [-0.2, 0) is 4.79 Å². The maximum Gasteiger partial charge on any atom is 0.573 e. The average molecular weight is 534 g/mol. The third kappa shape index (κ3) is 4.87. The number of hydrogen-bond donors (Lipinski definition) is 1. The lowest BCUT2D eigenvalue weighted by Gasteiger charge is -2.12. The zero-order valence-electron chi connectivity index (χ0n) is 20.6. The van der Waals surface area contributed by atoms with Crippen molar-refractivity contribution in [3.63, 3.8) is 0 Å². The summed E-state index contributed by atoms with van der Waals surface area (Å²) < 4.78 is 48.9. The van der Waals surface area contributed by atoms with Crippen molar-refractivity contribution in [2.24, 2.45) is 10.9 Å². The number of hydrogen-bond acceptors (Lipinski definition) is 7. The smallest absolute Gasteiger partial charge is 0.481 e. The third-order valence-electron chi connectivity index (χ3n) is 7.05. The number of carbonyl (C=O) groups is 1. The van der Waals surface area contributed by atoms with E-state index in [1.54, 1.807) is 37.5 Å². The Labute approximate surface area is 219 Å². The van der Waals surface area contributed by atoms with E-state index in [9.17, 15) is 23.1 Å². The fraction of sp³-hybridized carbons (Fsp3) is 0.250. The van der Waals surface area contributed by atoms with Crippen LogP contribution in [0.4, 0.5) is 13.2 Å². The summed E-state index contributed by atoms with van der Waals surface area (Å²) in [5, 5.41) is 15.0. The van der Waals surface area contributed by atoms with Gasteiger partial charge >= 0.3 is 12.3 Å². The van der Waals surface area contributed by atoms with Crippen LogP contribution < -0.4 is 15.3 Å². The SMILES string of the molecule is Cc1cnccc1-c1cc(OC(F)(F)F)cc(-c2nc(-c3ccc4c(c3)=C3CCC(CC(=O)O)C3N=4)no2)c1. The van der Waals surface area contributed by atoms with Gasteiger partial charge in [-0.1, -0.05) is 5.16 Å². The number of carboxylic acid groups (broad SMARTS) is 1. The molecular weight excluding hydrogens is 513 g/mol. The first-order valence-corrected chi connectivity index (χ1v) is 12.2. The Morgan fingerprint density at radius 2 is 1.95 bits per heavy atom. The van der Waals surface area contributed by atoms with Crippen molar-refractivity contribution in [1.29, 1.82) is 0 Å². The van der Waals surface area contributed by atoms with Crippen molar-refractivity contribution in [2.75, 3.05) is 0 Å². The quantitative estimate of drug-likeness (QED) is 0.382. The van der Waals surface area contributed by atoms with Gasteiger partial charge in [-0.05, 0) is 90.4 Å². The van der Waals surface area contributed by atoms with E-state index in [-0.39, 0.29) is 35.7 Å². The molecular formula is C28H21F3N4O4. The first kappa shape index (κ1) is 24.8. The number of halogens is 3. The molecule has 0 spiro atoms. The Morgan fingerprint density at radius 1 is 1.13 bits per heavy atom. The molecule has 0 bridgehead atoms. The first-order valence-electron chi connectivity index (χ1n) is 12.2. The number of ether oxygens (including phenoxy) is 1. The molecule has 0 saturated heterocycles. The predicted octanol–water partition coefficient (Wildman–Crippen LogP) is 4.71. The van der Waals surface area contributed by atoms with Crippen molar-refractivity contribution in [2.45, 2.75) is 38.6 Å². The van der Waals surface area contributed by atoms with E-state index in [1.807, 2.05) is 12.1 Å². The highest BCUT2D eigenvalue weighted by atomic mass is 19.4. The molecule has 2 aromatic carbocycles. The summed E-state index contributed by atoms with van der Waals surface area (Å²) in [6, 6.07) is 11.3. The standard InChI is InChI=1S/C28H21F3N4O4/c1-14-13-32-7-6-20(14)17-8-18(10-19(9-17)38-28(29,30)31)27-34-26(35-39-27)16-3-5-23-22(11-16)21-4-2-15(12-24(36)37)25(21)33-23/h3,5-11,13,15,25H,2,4,12H2,1H3,(H,36,37). The molecule has 1 aliphatic carbocycles. The average Bonchev–Trinajstić information content (AvgIpc) is 3.59. The summed E-state index contributed by atoms with van der Waals surface area (Å²) in [4.78, 5) is 24.5. The van der Waals surface area contributed by atoms with E-state index in [0.717, 1.165) is 34.6 Å². The number of nitrogens with zero attached hydrogens (tertiary/aromatic N) is 4. The first-order chi connectivity index (χ1) is 18.6. The largest absolute Gasteiger partial charge is 0.573 e. The van der Waals surface area contributed by atoms with E-state index >= 15 is 0 Å². The van der Waals surface area contributed by atoms with Gasteiger partial charge in [0.25, 0.3) is 5.89 Å². The number of aryl methyl sites for hydroxylation is 1. The molecule has 2 unspecified atom stereocenters. The molecule has 39 heavy (non-hydrogen) atoms. The van der Waals surface area contributed by atoms with Gasteiger partial charge in [0.2, 0.25) is 5.82 Å². The molecule has 4 aromatic rings. The lowest BCUT2D eigenvalue weighted by molar-refractivity contribution is -0.274. The minimum Gasteiger partial charge on any atom is -0.481 e. The van der Waals surface area contributed by atoms with E-state index in [0.29, 0.717) is 16.7 Å². The monoisotopic (exact) mass is 534 g/mol.